The maximum atomic E-state index is 10.0. The summed E-state index contributed by atoms with van der Waals surface area (Å²) >= 11 is 0. The standard InChI is InChI=1S/C15H24N2O/c1-13(17-9-5-6-10-17)11-16-12-15(18)14-7-3-2-4-8-14/h2-4,7-8,13,15-16,18H,5-6,9-12H2,1H3. The molecule has 18 heavy (non-hydrogen) atoms. The Morgan fingerprint density at radius 3 is 2.50 bits per heavy atom. The first-order chi connectivity index (χ1) is 8.77. The van der Waals surface area contributed by atoms with E-state index in [1.54, 1.807) is 0 Å². The number of hydrogen-bond donors (Lipinski definition) is 2. The highest BCUT2D eigenvalue weighted by molar-refractivity contribution is 5.17. The van der Waals surface area contributed by atoms with Crippen LogP contribution in [-0.2, 0) is 0 Å². The highest BCUT2D eigenvalue weighted by Gasteiger charge is 2.17. The lowest BCUT2D eigenvalue weighted by Gasteiger charge is -2.24. The third-order valence-electron chi connectivity index (χ3n) is 3.73. The summed E-state index contributed by atoms with van der Waals surface area (Å²) in [6.45, 7) is 6.29. The maximum Gasteiger partial charge on any atom is 0.0914 e. The second kappa shape index (κ2) is 6.88. The molecule has 3 heteroatoms. The Morgan fingerprint density at radius 1 is 1.17 bits per heavy atom. The van der Waals surface area contributed by atoms with Crippen molar-refractivity contribution in [1.82, 2.24) is 10.2 Å². The van der Waals surface area contributed by atoms with Gasteiger partial charge >= 0.3 is 0 Å². The number of benzene rings is 1. The molecular weight excluding hydrogens is 224 g/mol. The van der Waals surface area contributed by atoms with E-state index in [2.05, 4.69) is 17.1 Å². The maximum absolute atomic E-state index is 10.0. The van der Waals surface area contributed by atoms with Gasteiger partial charge in [0.2, 0.25) is 0 Å². The monoisotopic (exact) mass is 248 g/mol. The minimum atomic E-state index is -0.406. The van der Waals surface area contributed by atoms with Crippen LogP contribution in [0.4, 0.5) is 0 Å². The van der Waals surface area contributed by atoms with E-state index in [4.69, 9.17) is 0 Å². The van der Waals surface area contributed by atoms with Gasteiger partial charge in [-0.25, -0.2) is 0 Å². The van der Waals surface area contributed by atoms with Crippen molar-refractivity contribution >= 4 is 0 Å². The molecule has 2 rings (SSSR count). The molecule has 3 nitrogen and oxygen atoms in total. The van der Waals surface area contributed by atoms with E-state index in [-0.39, 0.29) is 0 Å². The Morgan fingerprint density at radius 2 is 1.83 bits per heavy atom. The first-order valence-electron chi connectivity index (χ1n) is 6.95. The number of aliphatic hydroxyl groups excluding tert-OH is 1. The molecule has 2 unspecified atom stereocenters. The Kier molecular flexibility index (Phi) is 5.17. The van der Waals surface area contributed by atoms with Gasteiger partial charge in [0.1, 0.15) is 0 Å². The van der Waals surface area contributed by atoms with Crippen molar-refractivity contribution < 1.29 is 5.11 Å². The van der Waals surface area contributed by atoms with Crippen LogP contribution in [0.15, 0.2) is 30.3 Å². The van der Waals surface area contributed by atoms with E-state index < -0.39 is 6.10 Å². The van der Waals surface area contributed by atoms with E-state index in [0.29, 0.717) is 12.6 Å². The van der Waals surface area contributed by atoms with Gasteiger partial charge in [-0.1, -0.05) is 30.3 Å². The molecule has 0 saturated carbocycles. The van der Waals surface area contributed by atoms with Gasteiger partial charge in [0.05, 0.1) is 6.10 Å². The van der Waals surface area contributed by atoms with Crippen molar-refractivity contribution in [3.05, 3.63) is 35.9 Å². The van der Waals surface area contributed by atoms with Gasteiger partial charge in [0.15, 0.2) is 0 Å². The molecule has 1 aromatic rings. The number of nitrogens with zero attached hydrogens (tertiary/aromatic N) is 1. The SMILES string of the molecule is CC(CNCC(O)c1ccccc1)N1CCCC1. The molecule has 0 amide bonds. The van der Waals surface area contributed by atoms with E-state index in [0.717, 1.165) is 12.1 Å². The quantitative estimate of drug-likeness (QED) is 0.806. The smallest absolute Gasteiger partial charge is 0.0914 e. The van der Waals surface area contributed by atoms with Crippen LogP contribution in [0.5, 0.6) is 0 Å². The van der Waals surface area contributed by atoms with Crippen LogP contribution in [0.3, 0.4) is 0 Å². The predicted octanol–water partition coefficient (Wildman–Crippen LogP) is 1.79. The molecule has 1 aliphatic heterocycles. The first kappa shape index (κ1) is 13.5. The normalized spacial score (nSPS) is 19.9. The minimum absolute atomic E-state index is 0.406. The van der Waals surface area contributed by atoms with Gasteiger partial charge in [0.25, 0.3) is 0 Å². The van der Waals surface area contributed by atoms with Crippen LogP contribution in [-0.4, -0.2) is 42.2 Å². The van der Waals surface area contributed by atoms with Gasteiger partial charge < -0.3 is 10.4 Å². The third kappa shape index (κ3) is 3.80. The fourth-order valence-electron chi connectivity index (χ4n) is 2.53. The van der Waals surface area contributed by atoms with Gasteiger partial charge in [-0.15, -0.1) is 0 Å². The molecule has 0 spiro atoms. The van der Waals surface area contributed by atoms with E-state index in [1.807, 2.05) is 30.3 Å². The van der Waals surface area contributed by atoms with Crippen LogP contribution in [0.2, 0.25) is 0 Å². The zero-order valence-electron chi connectivity index (χ0n) is 11.2. The predicted molar refractivity (Wildman–Crippen MR) is 74.5 cm³/mol. The minimum Gasteiger partial charge on any atom is -0.387 e. The zero-order chi connectivity index (χ0) is 12.8. The number of rotatable bonds is 6. The molecule has 1 saturated heterocycles. The van der Waals surface area contributed by atoms with Crippen molar-refractivity contribution in [2.24, 2.45) is 0 Å². The van der Waals surface area contributed by atoms with Gasteiger partial charge in [-0.2, -0.15) is 0 Å². The molecule has 0 radical (unpaired) electrons. The van der Waals surface area contributed by atoms with Crippen molar-refractivity contribution in [3.8, 4) is 0 Å². The average Bonchev–Trinajstić information content (AvgIpc) is 2.93. The van der Waals surface area contributed by atoms with Crippen molar-refractivity contribution in [2.45, 2.75) is 31.9 Å². The van der Waals surface area contributed by atoms with Crippen LogP contribution < -0.4 is 5.32 Å². The molecule has 1 aromatic carbocycles. The number of likely N-dealkylation sites (tertiary alicyclic amines) is 1. The summed E-state index contributed by atoms with van der Waals surface area (Å²) < 4.78 is 0. The summed E-state index contributed by atoms with van der Waals surface area (Å²) in [6.07, 6.45) is 2.26. The van der Waals surface area contributed by atoms with Crippen LogP contribution in [0, 0.1) is 0 Å². The Labute approximate surface area is 110 Å². The third-order valence-corrected chi connectivity index (χ3v) is 3.73. The number of nitrogens with one attached hydrogen (secondary N) is 1. The van der Waals surface area contributed by atoms with Gasteiger partial charge in [-0.05, 0) is 38.4 Å². The van der Waals surface area contributed by atoms with E-state index in [1.165, 1.54) is 25.9 Å². The lowest BCUT2D eigenvalue weighted by molar-refractivity contribution is 0.168. The number of hydrogen-bond acceptors (Lipinski definition) is 3. The summed E-state index contributed by atoms with van der Waals surface area (Å²) in [5.41, 5.74) is 0.985. The average molecular weight is 248 g/mol. The summed E-state index contributed by atoms with van der Waals surface area (Å²) in [6, 6.07) is 10.4. The Balaban J connectivity index is 1.68. The Hall–Kier alpha value is -0.900. The topological polar surface area (TPSA) is 35.5 Å². The fourth-order valence-corrected chi connectivity index (χ4v) is 2.53. The summed E-state index contributed by atoms with van der Waals surface area (Å²) in [5, 5.41) is 13.4. The van der Waals surface area contributed by atoms with Crippen molar-refractivity contribution in [3.63, 3.8) is 0 Å². The lowest BCUT2D eigenvalue weighted by atomic mass is 10.1. The second-order valence-electron chi connectivity index (χ2n) is 5.18. The largest absolute Gasteiger partial charge is 0.387 e. The summed E-state index contributed by atoms with van der Waals surface area (Å²) in [4.78, 5) is 2.52. The molecule has 0 aliphatic carbocycles. The first-order valence-corrected chi connectivity index (χ1v) is 6.95. The van der Waals surface area contributed by atoms with Crippen molar-refractivity contribution in [1.29, 1.82) is 0 Å². The molecule has 1 fully saturated rings. The molecule has 2 atom stereocenters. The molecule has 0 aromatic heterocycles. The van der Waals surface area contributed by atoms with E-state index >= 15 is 0 Å². The molecule has 1 aliphatic rings. The Bertz CT molecular complexity index is 336. The van der Waals surface area contributed by atoms with Crippen molar-refractivity contribution in [2.75, 3.05) is 26.2 Å². The molecule has 1 heterocycles. The number of aliphatic hydroxyl groups is 1. The van der Waals surface area contributed by atoms with Crippen LogP contribution in [0.1, 0.15) is 31.4 Å². The summed E-state index contributed by atoms with van der Waals surface area (Å²) in [5.74, 6) is 0. The van der Waals surface area contributed by atoms with Crippen LogP contribution in [0.25, 0.3) is 0 Å². The highest BCUT2D eigenvalue weighted by Crippen LogP contribution is 2.12. The second-order valence-corrected chi connectivity index (χ2v) is 5.18. The summed E-state index contributed by atoms with van der Waals surface area (Å²) in [7, 11) is 0. The molecule has 0 bridgehead atoms. The van der Waals surface area contributed by atoms with E-state index in [9.17, 15) is 5.11 Å². The van der Waals surface area contributed by atoms with Gasteiger partial charge in [-0.3, -0.25) is 4.90 Å². The highest BCUT2D eigenvalue weighted by atomic mass is 16.3. The van der Waals surface area contributed by atoms with Gasteiger partial charge in [0, 0.05) is 19.1 Å². The molecule has 2 N–H and O–H groups in total. The zero-order valence-corrected chi connectivity index (χ0v) is 11.2. The van der Waals surface area contributed by atoms with Crippen LogP contribution >= 0.6 is 0 Å². The molecular formula is C15H24N2O. The molecule has 100 valence electrons. The lowest BCUT2D eigenvalue weighted by Crippen LogP contribution is -2.39. The fraction of sp³-hybridized carbons (Fsp3) is 0.600.